The molecule has 0 amide bonds. The number of carbonyl (C=O) groups excluding carboxylic acids is 1. The molecule has 0 aliphatic heterocycles. The van der Waals surface area contributed by atoms with Gasteiger partial charge in [0.25, 0.3) is 0 Å². The first-order valence-corrected chi connectivity index (χ1v) is 8.35. The van der Waals surface area contributed by atoms with Crippen LogP contribution in [0.4, 0.5) is 5.69 Å². The summed E-state index contributed by atoms with van der Waals surface area (Å²) in [5.41, 5.74) is 3.40. The van der Waals surface area contributed by atoms with Gasteiger partial charge < -0.3 is 15.4 Å². The summed E-state index contributed by atoms with van der Waals surface area (Å²) in [6.45, 7) is 4.73. The topological polar surface area (TPSA) is 50.4 Å². The van der Waals surface area contributed by atoms with Crippen LogP contribution in [0.25, 0.3) is 0 Å². The van der Waals surface area contributed by atoms with E-state index in [2.05, 4.69) is 34.9 Å². The summed E-state index contributed by atoms with van der Waals surface area (Å²) in [5, 5.41) is 6.98. The van der Waals surface area contributed by atoms with Crippen LogP contribution in [0.2, 0.25) is 5.02 Å². The van der Waals surface area contributed by atoms with Gasteiger partial charge >= 0.3 is 5.97 Å². The van der Waals surface area contributed by atoms with Gasteiger partial charge in [0.15, 0.2) is 5.11 Å². The van der Waals surface area contributed by atoms with Crippen LogP contribution in [0.15, 0.2) is 42.5 Å². The number of esters is 1. The Morgan fingerprint density at radius 2 is 1.92 bits per heavy atom. The molecule has 0 aromatic heterocycles. The maximum Gasteiger partial charge on any atom is 0.339 e. The van der Waals surface area contributed by atoms with Gasteiger partial charge in [-0.1, -0.05) is 41.4 Å². The van der Waals surface area contributed by atoms with E-state index in [1.807, 2.05) is 6.92 Å². The van der Waals surface area contributed by atoms with E-state index in [-0.39, 0.29) is 0 Å². The Balaban J connectivity index is 1.93. The summed E-state index contributed by atoms with van der Waals surface area (Å²) < 4.78 is 4.94. The number of nitrogens with one attached hydrogen (secondary N) is 2. The molecule has 0 fully saturated rings. The number of carbonyl (C=O) groups is 1. The number of ether oxygens (including phenoxy) is 1. The van der Waals surface area contributed by atoms with E-state index >= 15 is 0 Å². The molecule has 0 aliphatic rings. The third kappa shape index (κ3) is 5.22. The van der Waals surface area contributed by atoms with Gasteiger partial charge in [-0.25, -0.2) is 4.79 Å². The van der Waals surface area contributed by atoms with Crippen LogP contribution in [-0.4, -0.2) is 17.7 Å². The van der Waals surface area contributed by atoms with Crippen molar-refractivity contribution in [3.63, 3.8) is 0 Å². The molecular weight excluding hydrogens is 344 g/mol. The molecule has 2 aromatic rings. The second-order valence-electron chi connectivity index (χ2n) is 5.21. The number of hydrogen-bond donors (Lipinski definition) is 2. The summed E-state index contributed by atoms with van der Waals surface area (Å²) >= 11 is 11.4. The van der Waals surface area contributed by atoms with Crippen LogP contribution < -0.4 is 10.6 Å². The Labute approximate surface area is 152 Å². The average Bonchev–Trinajstić information content (AvgIpc) is 2.54. The summed E-state index contributed by atoms with van der Waals surface area (Å²) in [6, 6.07) is 13.2. The fraction of sp³-hybridized carbons (Fsp3) is 0.222. The van der Waals surface area contributed by atoms with E-state index in [0.717, 1.165) is 5.56 Å². The lowest BCUT2D eigenvalue weighted by Gasteiger charge is -2.12. The van der Waals surface area contributed by atoms with Gasteiger partial charge in [0, 0.05) is 12.2 Å². The first-order valence-electron chi connectivity index (χ1n) is 7.56. The fourth-order valence-corrected chi connectivity index (χ4v) is 2.48. The highest BCUT2D eigenvalue weighted by molar-refractivity contribution is 7.80. The lowest BCUT2D eigenvalue weighted by molar-refractivity contribution is 0.0526. The van der Waals surface area contributed by atoms with Crippen molar-refractivity contribution in [1.82, 2.24) is 5.32 Å². The molecular formula is C18H19ClN2O2S. The van der Waals surface area contributed by atoms with Crippen LogP contribution >= 0.6 is 23.8 Å². The maximum atomic E-state index is 11.7. The van der Waals surface area contributed by atoms with Gasteiger partial charge in [-0.2, -0.15) is 0 Å². The fourth-order valence-electron chi connectivity index (χ4n) is 2.03. The Morgan fingerprint density at radius 3 is 2.54 bits per heavy atom. The summed E-state index contributed by atoms with van der Waals surface area (Å²) in [5.74, 6) is -0.436. The molecule has 24 heavy (non-hydrogen) atoms. The SMILES string of the molecule is CCOC(=O)c1ccc(NC(=S)NCc2ccc(C)cc2)cc1Cl. The molecule has 0 atom stereocenters. The van der Waals surface area contributed by atoms with Gasteiger partial charge in [0.1, 0.15) is 0 Å². The normalized spacial score (nSPS) is 10.1. The average molecular weight is 363 g/mol. The minimum absolute atomic E-state index is 0.308. The molecule has 6 heteroatoms. The van der Waals surface area contributed by atoms with Crippen molar-refractivity contribution >= 4 is 40.6 Å². The van der Waals surface area contributed by atoms with Crippen molar-refractivity contribution in [2.75, 3.05) is 11.9 Å². The molecule has 0 saturated carbocycles. The largest absolute Gasteiger partial charge is 0.462 e. The smallest absolute Gasteiger partial charge is 0.339 e. The van der Waals surface area contributed by atoms with E-state index in [9.17, 15) is 4.79 Å². The summed E-state index contributed by atoms with van der Waals surface area (Å²) in [6.07, 6.45) is 0. The van der Waals surface area contributed by atoms with Gasteiger partial charge in [0.05, 0.1) is 17.2 Å². The van der Waals surface area contributed by atoms with E-state index in [1.54, 1.807) is 25.1 Å². The monoisotopic (exact) mass is 362 g/mol. The van der Waals surface area contributed by atoms with E-state index in [1.165, 1.54) is 5.56 Å². The molecule has 0 aliphatic carbocycles. The number of halogens is 1. The third-order valence-corrected chi connectivity index (χ3v) is 3.86. The van der Waals surface area contributed by atoms with Crippen LogP contribution in [0.3, 0.4) is 0 Å². The number of benzene rings is 2. The lowest BCUT2D eigenvalue weighted by atomic mass is 10.1. The van der Waals surface area contributed by atoms with Crippen molar-refractivity contribution in [2.24, 2.45) is 0 Å². The predicted molar refractivity (Wildman–Crippen MR) is 102 cm³/mol. The minimum Gasteiger partial charge on any atom is -0.462 e. The van der Waals surface area contributed by atoms with Crippen molar-refractivity contribution in [3.8, 4) is 0 Å². The molecule has 0 bridgehead atoms. The second kappa shape index (κ2) is 8.66. The van der Waals surface area contributed by atoms with Crippen molar-refractivity contribution < 1.29 is 9.53 Å². The highest BCUT2D eigenvalue weighted by Gasteiger charge is 2.12. The van der Waals surface area contributed by atoms with E-state index in [4.69, 9.17) is 28.6 Å². The first-order chi connectivity index (χ1) is 11.5. The molecule has 0 unspecified atom stereocenters. The quantitative estimate of drug-likeness (QED) is 0.613. The predicted octanol–water partition coefficient (Wildman–Crippen LogP) is 4.31. The lowest BCUT2D eigenvalue weighted by Crippen LogP contribution is -2.27. The molecule has 2 rings (SSSR count). The van der Waals surface area contributed by atoms with E-state index < -0.39 is 5.97 Å². The van der Waals surface area contributed by atoms with Gasteiger partial charge in [-0.15, -0.1) is 0 Å². The molecule has 0 radical (unpaired) electrons. The minimum atomic E-state index is -0.436. The molecule has 126 valence electrons. The molecule has 2 aromatic carbocycles. The molecule has 0 saturated heterocycles. The zero-order valence-electron chi connectivity index (χ0n) is 13.6. The van der Waals surface area contributed by atoms with Crippen molar-refractivity contribution in [1.29, 1.82) is 0 Å². The van der Waals surface area contributed by atoms with Crippen molar-refractivity contribution in [2.45, 2.75) is 20.4 Å². The van der Waals surface area contributed by atoms with Gasteiger partial charge in [-0.05, 0) is 49.8 Å². The second-order valence-corrected chi connectivity index (χ2v) is 6.02. The highest BCUT2D eigenvalue weighted by atomic mass is 35.5. The number of thiocarbonyl (C=S) groups is 1. The Morgan fingerprint density at radius 1 is 1.21 bits per heavy atom. The standard InChI is InChI=1S/C18H19ClN2O2S/c1-3-23-17(22)15-9-8-14(10-16(15)19)21-18(24)20-11-13-6-4-12(2)5-7-13/h4-10H,3,11H2,1-2H3,(H2,20,21,24). The van der Waals surface area contributed by atoms with Crippen LogP contribution in [0.1, 0.15) is 28.4 Å². The molecule has 2 N–H and O–H groups in total. The van der Waals surface area contributed by atoms with Gasteiger partial charge in [-0.3, -0.25) is 0 Å². The van der Waals surface area contributed by atoms with Crippen molar-refractivity contribution in [3.05, 3.63) is 64.2 Å². The molecule has 4 nitrogen and oxygen atoms in total. The Bertz CT molecular complexity index is 732. The Kier molecular flexibility index (Phi) is 6.58. The molecule has 0 heterocycles. The van der Waals surface area contributed by atoms with Gasteiger partial charge in [0.2, 0.25) is 0 Å². The number of anilines is 1. The molecule has 0 spiro atoms. The Hall–Kier alpha value is -2.11. The zero-order valence-corrected chi connectivity index (χ0v) is 15.1. The maximum absolute atomic E-state index is 11.7. The van der Waals surface area contributed by atoms with Crippen LogP contribution in [0.5, 0.6) is 0 Å². The number of aryl methyl sites for hydroxylation is 1. The van der Waals surface area contributed by atoms with Crippen LogP contribution in [0, 0.1) is 6.92 Å². The number of hydrogen-bond acceptors (Lipinski definition) is 3. The summed E-state index contributed by atoms with van der Waals surface area (Å²) in [4.78, 5) is 11.7. The zero-order chi connectivity index (χ0) is 17.5. The third-order valence-electron chi connectivity index (χ3n) is 3.30. The summed E-state index contributed by atoms with van der Waals surface area (Å²) in [7, 11) is 0. The number of rotatable bonds is 5. The first kappa shape index (κ1) is 18.2. The van der Waals surface area contributed by atoms with E-state index in [0.29, 0.717) is 34.5 Å². The highest BCUT2D eigenvalue weighted by Crippen LogP contribution is 2.21. The van der Waals surface area contributed by atoms with Crippen LogP contribution in [-0.2, 0) is 11.3 Å².